The molecule has 0 bridgehead atoms. The maximum Gasteiger partial charge on any atom is 0.394 e. The molecule has 0 aliphatic heterocycles. The Balaban J connectivity index is 0.000000385. The summed E-state index contributed by atoms with van der Waals surface area (Å²) in [6.45, 7) is 0. The lowest BCUT2D eigenvalue weighted by molar-refractivity contribution is 0.0696. The minimum atomic E-state index is -4.67. The maximum absolute atomic E-state index is 12.6. The third kappa shape index (κ3) is 6.70. The molecule has 0 unspecified atom stereocenters. The number of carboxylic acid groups (broad SMARTS) is 1. The van der Waals surface area contributed by atoms with Crippen molar-refractivity contribution >= 4 is 22.1 Å². The van der Waals surface area contributed by atoms with Crippen LogP contribution in [0.5, 0.6) is 0 Å². The summed E-state index contributed by atoms with van der Waals surface area (Å²) in [6.07, 6.45) is 0. The Morgan fingerprint density at radius 1 is 1.31 bits per heavy atom. The van der Waals surface area contributed by atoms with Gasteiger partial charge in [-0.25, -0.2) is 9.18 Å². The van der Waals surface area contributed by atoms with Gasteiger partial charge in [0.2, 0.25) is 0 Å². The van der Waals surface area contributed by atoms with Crippen molar-refractivity contribution in [2.24, 2.45) is 0 Å². The predicted molar refractivity (Wildman–Crippen MR) is 51.9 cm³/mol. The molecule has 7 nitrogen and oxygen atoms in total. The van der Waals surface area contributed by atoms with Gasteiger partial charge < -0.3 is 10.8 Å². The number of carbonyl (C=O) groups is 1. The third-order valence-electron chi connectivity index (χ3n) is 1.25. The van der Waals surface area contributed by atoms with Gasteiger partial charge in [-0.1, -0.05) is 0 Å². The van der Waals surface area contributed by atoms with Gasteiger partial charge in [-0.3, -0.25) is 9.11 Å². The van der Waals surface area contributed by atoms with Crippen LogP contribution in [0.2, 0.25) is 0 Å². The van der Waals surface area contributed by atoms with Crippen molar-refractivity contribution in [1.82, 2.24) is 0 Å². The molecular formula is C7H8FNO6S. The Bertz CT molecular complexity index is 478. The van der Waals surface area contributed by atoms with Gasteiger partial charge in [0.05, 0.1) is 11.3 Å². The van der Waals surface area contributed by atoms with E-state index >= 15 is 0 Å². The molecule has 5 N–H and O–H groups in total. The molecule has 90 valence electrons. The van der Waals surface area contributed by atoms with E-state index in [1.807, 2.05) is 0 Å². The first-order valence-corrected chi connectivity index (χ1v) is 4.99. The first kappa shape index (κ1) is 14.3. The minimum absolute atomic E-state index is 0.0463. The molecule has 0 aliphatic carbocycles. The zero-order valence-corrected chi connectivity index (χ0v) is 8.48. The minimum Gasteiger partial charge on any atom is -0.478 e. The Kier molecular flexibility index (Phi) is 4.82. The number of anilines is 1. The van der Waals surface area contributed by atoms with Crippen LogP contribution >= 0.6 is 0 Å². The number of halogens is 1. The number of nitrogens with two attached hydrogens (primary N) is 1. The first-order valence-electron chi connectivity index (χ1n) is 3.59. The van der Waals surface area contributed by atoms with Gasteiger partial charge >= 0.3 is 16.4 Å². The molecule has 0 atom stereocenters. The highest BCUT2D eigenvalue weighted by atomic mass is 32.3. The SMILES string of the molecule is Nc1ccc(C(=O)O)cc1F.O=S(=O)(O)O. The molecule has 0 saturated heterocycles. The summed E-state index contributed by atoms with van der Waals surface area (Å²) in [5.41, 5.74) is 4.97. The second kappa shape index (κ2) is 5.39. The van der Waals surface area contributed by atoms with Crippen LogP contribution < -0.4 is 5.73 Å². The molecule has 0 aromatic heterocycles. The van der Waals surface area contributed by atoms with Crippen LogP contribution in [0.1, 0.15) is 10.4 Å². The van der Waals surface area contributed by atoms with Gasteiger partial charge in [0.15, 0.2) is 0 Å². The summed E-state index contributed by atoms with van der Waals surface area (Å²) in [6, 6.07) is 3.36. The van der Waals surface area contributed by atoms with E-state index in [9.17, 15) is 9.18 Å². The number of carboxylic acids is 1. The fourth-order valence-corrected chi connectivity index (χ4v) is 0.660. The van der Waals surface area contributed by atoms with Crippen LogP contribution in [0.3, 0.4) is 0 Å². The Labute approximate surface area is 89.9 Å². The summed E-state index contributed by atoms with van der Waals surface area (Å²) >= 11 is 0. The Hall–Kier alpha value is -1.71. The van der Waals surface area contributed by atoms with E-state index < -0.39 is 22.2 Å². The van der Waals surface area contributed by atoms with Gasteiger partial charge in [-0.15, -0.1) is 0 Å². The van der Waals surface area contributed by atoms with Crippen molar-refractivity contribution in [3.63, 3.8) is 0 Å². The zero-order valence-electron chi connectivity index (χ0n) is 7.66. The second-order valence-corrected chi connectivity index (χ2v) is 3.38. The lowest BCUT2D eigenvalue weighted by Crippen LogP contribution is -1.98. The van der Waals surface area contributed by atoms with E-state index in [4.69, 9.17) is 28.4 Å². The standard InChI is InChI=1S/C7H6FNO2.H2O4S/c8-5-3-4(7(10)11)1-2-6(5)9;1-5(2,3)4/h1-3H,9H2,(H,10,11);(H2,1,2,3,4). The summed E-state index contributed by atoms with van der Waals surface area (Å²) in [4.78, 5) is 10.3. The normalized spacial score (nSPS) is 10.2. The Morgan fingerprint density at radius 3 is 2.06 bits per heavy atom. The van der Waals surface area contributed by atoms with Gasteiger partial charge in [0.25, 0.3) is 0 Å². The fraction of sp³-hybridized carbons (Fsp3) is 0. The van der Waals surface area contributed by atoms with Gasteiger partial charge in [0, 0.05) is 0 Å². The highest BCUT2D eigenvalue weighted by Crippen LogP contribution is 2.11. The highest BCUT2D eigenvalue weighted by molar-refractivity contribution is 7.79. The maximum atomic E-state index is 12.6. The summed E-state index contributed by atoms with van der Waals surface area (Å²) in [7, 11) is -4.67. The van der Waals surface area contributed by atoms with Crippen LogP contribution in [0, 0.1) is 5.82 Å². The molecule has 1 rings (SSSR count). The molecule has 9 heteroatoms. The number of hydrogen-bond acceptors (Lipinski definition) is 4. The van der Waals surface area contributed by atoms with Crippen molar-refractivity contribution in [3.05, 3.63) is 29.6 Å². The van der Waals surface area contributed by atoms with Crippen molar-refractivity contribution in [2.45, 2.75) is 0 Å². The number of rotatable bonds is 1. The molecule has 1 aromatic carbocycles. The number of hydrogen-bond donors (Lipinski definition) is 4. The molecule has 0 heterocycles. The van der Waals surface area contributed by atoms with Crippen LogP contribution in [0.15, 0.2) is 18.2 Å². The molecule has 0 radical (unpaired) electrons. The van der Waals surface area contributed by atoms with E-state index in [-0.39, 0.29) is 11.3 Å². The number of aromatic carboxylic acids is 1. The number of nitrogen functional groups attached to an aromatic ring is 1. The van der Waals surface area contributed by atoms with Crippen molar-refractivity contribution in [3.8, 4) is 0 Å². The van der Waals surface area contributed by atoms with Crippen molar-refractivity contribution in [2.75, 3.05) is 5.73 Å². The van der Waals surface area contributed by atoms with E-state index in [0.717, 1.165) is 6.07 Å². The van der Waals surface area contributed by atoms with Crippen LogP contribution in [-0.4, -0.2) is 28.6 Å². The zero-order chi connectivity index (χ0) is 12.9. The average Bonchev–Trinajstić information content (AvgIpc) is 2.06. The molecule has 0 fully saturated rings. The lowest BCUT2D eigenvalue weighted by atomic mass is 10.2. The fourth-order valence-electron chi connectivity index (χ4n) is 0.660. The average molecular weight is 253 g/mol. The van der Waals surface area contributed by atoms with Gasteiger partial charge in [-0.2, -0.15) is 8.42 Å². The molecule has 0 amide bonds. The van der Waals surface area contributed by atoms with Crippen molar-refractivity contribution in [1.29, 1.82) is 0 Å². The van der Waals surface area contributed by atoms with E-state index in [1.54, 1.807) is 0 Å². The van der Waals surface area contributed by atoms with Crippen LogP contribution in [0.4, 0.5) is 10.1 Å². The largest absolute Gasteiger partial charge is 0.478 e. The van der Waals surface area contributed by atoms with Gasteiger partial charge in [0.1, 0.15) is 5.82 Å². The molecule has 1 aromatic rings. The topological polar surface area (TPSA) is 138 Å². The summed E-state index contributed by atoms with van der Waals surface area (Å²) < 4.78 is 44.1. The lowest BCUT2D eigenvalue weighted by Gasteiger charge is -1.96. The summed E-state index contributed by atoms with van der Waals surface area (Å²) in [5, 5.41) is 8.39. The molecule has 0 aliphatic rings. The van der Waals surface area contributed by atoms with E-state index in [2.05, 4.69) is 0 Å². The predicted octanol–water partition coefficient (Wildman–Crippen LogP) is 0.453. The molecule has 0 saturated carbocycles. The van der Waals surface area contributed by atoms with Crippen molar-refractivity contribution < 1.29 is 31.8 Å². The molecule has 0 spiro atoms. The smallest absolute Gasteiger partial charge is 0.394 e. The quantitative estimate of drug-likeness (QED) is 0.421. The Morgan fingerprint density at radius 2 is 1.75 bits per heavy atom. The molecular weight excluding hydrogens is 245 g/mol. The highest BCUT2D eigenvalue weighted by Gasteiger charge is 2.04. The van der Waals surface area contributed by atoms with Gasteiger partial charge in [-0.05, 0) is 18.2 Å². The van der Waals surface area contributed by atoms with Crippen LogP contribution in [-0.2, 0) is 10.4 Å². The number of benzene rings is 1. The van der Waals surface area contributed by atoms with Crippen LogP contribution in [0.25, 0.3) is 0 Å². The van der Waals surface area contributed by atoms with E-state index in [0.29, 0.717) is 0 Å². The second-order valence-electron chi connectivity index (χ2n) is 2.49. The monoisotopic (exact) mass is 253 g/mol. The van der Waals surface area contributed by atoms with E-state index in [1.165, 1.54) is 12.1 Å². The first-order chi connectivity index (χ1) is 7.11. The third-order valence-corrected chi connectivity index (χ3v) is 1.25. The summed E-state index contributed by atoms with van der Waals surface area (Å²) in [5.74, 6) is -1.87. The molecule has 16 heavy (non-hydrogen) atoms.